The molecule has 0 aromatic heterocycles. The van der Waals surface area contributed by atoms with Crippen LogP contribution in [0.1, 0.15) is 52.9 Å². The van der Waals surface area contributed by atoms with Gasteiger partial charge in [-0.3, -0.25) is 13.9 Å². The summed E-state index contributed by atoms with van der Waals surface area (Å²) in [5, 5.41) is 5.77. The molecule has 0 aliphatic heterocycles. The van der Waals surface area contributed by atoms with E-state index in [1.807, 2.05) is 69.3 Å². The van der Waals surface area contributed by atoms with Crippen molar-refractivity contribution in [3.8, 4) is 0 Å². The number of carbonyl (C=O) groups excluding carboxylic acids is 2. The standard InChI is InChI=1S/C28H33N3O4S/c1-20-16-17-21(2)26(19-20)31(36(4,34)35)18-10-15-27(32)30-25-14-9-8-13-24(25)28(33)29-22(3)23-11-6-5-7-12-23/h5-9,11-14,16-17,19,22H,10,15,18H2,1-4H3,(H,29,33)(H,30,32)/t22-/m1/s1. The van der Waals surface area contributed by atoms with Crippen molar-refractivity contribution in [3.63, 3.8) is 0 Å². The number of hydrogen-bond donors (Lipinski definition) is 2. The van der Waals surface area contributed by atoms with Crippen molar-refractivity contribution in [2.24, 2.45) is 0 Å². The van der Waals surface area contributed by atoms with Crippen LogP contribution in [-0.2, 0) is 14.8 Å². The van der Waals surface area contributed by atoms with Gasteiger partial charge < -0.3 is 10.6 Å². The molecular weight excluding hydrogens is 474 g/mol. The van der Waals surface area contributed by atoms with E-state index in [1.54, 1.807) is 24.3 Å². The van der Waals surface area contributed by atoms with Crippen LogP contribution in [0, 0.1) is 13.8 Å². The third-order valence-corrected chi connectivity index (χ3v) is 7.07. The zero-order chi connectivity index (χ0) is 26.3. The zero-order valence-corrected chi connectivity index (χ0v) is 21.9. The minimum Gasteiger partial charge on any atom is -0.345 e. The average Bonchev–Trinajstić information content (AvgIpc) is 2.83. The van der Waals surface area contributed by atoms with Crippen LogP contribution in [0.15, 0.2) is 72.8 Å². The molecule has 3 rings (SSSR count). The van der Waals surface area contributed by atoms with Crippen LogP contribution in [0.25, 0.3) is 0 Å². The van der Waals surface area contributed by atoms with Gasteiger partial charge in [0.25, 0.3) is 5.91 Å². The van der Waals surface area contributed by atoms with Crippen LogP contribution in [0.4, 0.5) is 11.4 Å². The molecule has 0 spiro atoms. The number of rotatable bonds is 10. The van der Waals surface area contributed by atoms with Crippen molar-refractivity contribution in [3.05, 3.63) is 95.1 Å². The summed E-state index contributed by atoms with van der Waals surface area (Å²) in [4.78, 5) is 25.6. The Morgan fingerprint density at radius 2 is 1.61 bits per heavy atom. The number of benzene rings is 3. The number of aryl methyl sites for hydroxylation is 2. The number of hydrogen-bond acceptors (Lipinski definition) is 4. The quantitative estimate of drug-likeness (QED) is 0.405. The molecule has 0 bridgehead atoms. The Labute approximate surface area is 213 Å². The first-order chi connectivity index (χ1) is 17.1. The van der Waals surface area contributed by atoms with Gasteiger partial charge in [-0.2, -0.15) is 0 Å². The fraction of sp³-hybridized carbons (Fsp3) is 0.286. The predicted molar refractivity (Wildman–Crippen MR) is 145 cm³/mol. The smallest absolute Gasteiger partial charge is 0.253 e. The van der Waals surface area contributed by atoms with E-state index >= 15 is 0 Å². The third kappa shape index (κ3) is 7.18. The minimum absolute atomic E-state index is 0.104. The fourth-order valence-electron chi connectivity index (χ4n) is 3.94. The van der Waals surface area contributed by atoms with Crippen molar-refractivity contribution in [1.29, 1.82) is 0 Å². The number of amides is 2. The van der Waals surface area contributed by atoms with Gasteiger partial charge in [0.15, 0.2) is 0 Å². The highest BCUT2D eigenvalue weighted by molar-refractivity contribution is 7.92. The SMILES string of the molecule is Cc1ccc(C)c(N(CCCC(=O)Nc2ccccc2C(=O)N[C@H](C)c2ccccc2)S(C)(=O)=O)c1. The first-order valence-corrected chi connectivity index (χ1v) is 13.7. The summed E-state index contributed by atoms with van der Waals surface area (Å²) in [7, 11) is -3.52. The first-order valence-electron chi connectivity index (χ1n) is 11.9. The number of para-hydroxylation sites is 1. The molecule has 0 heterocycles. The molecule has 0 fully saturated rings. The molecular formula is C28H33N3O4S. The second-order valence-electron chi connectivity index (χ2n) is 8.93. The monoisotopic (exact) mass is 507 g/mol. The van der Waals surface area contributed by atoms with E-state index in [0.717, 1.165) is 16.7 Å². The summed E-state index contributed by atoms with van der Waals surface area (Å²) in [5.74, 6) is -0.582. The molecule has 190 valence electrons. The number of nitrogens with one attached hydrogen (secondary N) is 2. The van der Waals surface area contributed by atoms with E-state index in [4.69, 9.17) is 0 Å². The Kier molecular flexibility index (Phi) is 8.88. The van der Waals surface area contributed by atoms with Gasteiger partial charge >= 0.3 is 0 Å². The van der Waals surface area contributed by atoms with Gasteiger partial charge in [0.05, 0.1) is 29.2 Å². The topological polar surface area (TPSA) is 95.6 Å². The summed E-state index contributed by atoms with van der Waals surface area (Å²) in [6, 6.07) is 21.9. The molecule has 0 saturated heterocycles. The predicted octanol–water partition coefficient (Wildman–Crippen LogP) is 4.98. The van der Waals surface area contributed by atoms with Crippen molar-refractivity contribution in [2.45, 2.75) is 39.7 Å². The van der Waals surface area contributed by atoms with Crippen molar-refractivity contribution in [2.75, 3.05) is 22.4 Å². The largest absolute Gasteiger partial charge is 0.345 e. The van der Waals surface area contributed by atoms with Crippen molar-refractivity contribution in [1.82, 2.24) is 5.32 Å². The van der Waals surface area contributed by atoms with Gasteiger partial charge in [-0.05, 0) is 62.1 Å². The molecule has 8 heteroatoms. The van der Waals surface area contributed by atoms with Gasteiger partial charge in [0.1, 0.15) is 0 Å². The molecule has 0 unspecified atom stereocenters. The summed E-state index contributed by atoms with van der Waals surface area (Å²) in [6.45, 7) is 5.84. The molecule has 3 aromatic rings. The Hall–Kier alpha value is -3.65. The number of nitrogens with zero attached hydrogens (tertiary/aromatic N) is 1. The lowest BCUT2D eigenvalue weighted by Crippen LogP contribution is -2.32. The normalized spacial score (nSPS) is 12.0. The molecule has 1 atom stereocenters. The second kappa shape index (κ2) is 11.9. The van der Waals surface area contributed by atoms with Gasteiger partial charge in [-0.1, -0.05) is 54.6 Å². The molecule has 2 N–H and O–H groups in total. The lowest BCUT2D eigenvalue weighted by atomic mass is 10.1. The Morgan fingerprint density at radius 1 is 0.944 bits per heavy atom. The van der Waals surface area contributed by atoms with Crippen molar-refractivity contribution >= 4 is 33.2 Å². The molecule has 7 nitrogen and oxygen atoms in total. The van der Waals surface area contributed by atoms with Gasteiger partial charge in [0.2, 0.25) is 15.9 Å². The maximum atomic E-state index is 12.9. The maximum absolute atomic E-state index is 12.9. The van der Waals surface area contributed by atoms with Crippen LogP contribution in [0.2, 0.25) is 0 Å². The highest BCUT2D eigenvalue weighted by atomic mass is 32.2. The van der Waals surface area contributed by atoms with Crippen LogP contribution >= 0.6 is 0 Å². The van der Waals surface area contributed by atoms with Crippen LogP contribution in [0.3, 0.4) is 0 Å². The fourth-order valence-corrected chi connectivity index (χ4v) is 4.95. The van der Waals surface area contributed by atoms with E-state index in [-0.39, 0.29) is 30.8 Å². The minimum atomic E-state index is -3.52. The van der Waals surface area contributed by atoms with Crippen LogP contribution in [0.5, 0.6) is 0 Å². The molecule has 2 amide bonds. The Bertz CT molecular complexity index is 1320. The molecule has 0 aliphatic carbocycles. The Balaban J connectivity index is 1.64. The van der Waals surface area contributed by atoms with Gasteiger partial charge in [-0.15, -0.1) is 0 Å². The molecule has 36 heavy (non-hydrogen) atoms. The molecule has 0 aliphatic rings. The maximum Gasteiger partial charge on any atom is 0.253 e. The highest BCUT2D eigenvalue weighted by Gasteiger charge is 2.20. The summed E-state index contributed by atoms with van der Waals surface area (Å²) in [5.41, 5.74) is 4.18. The number of sulfonamides is 1. The van der Waals surface area contributed by atoms with E-state index < -0.39 is 10.0 Å². The van der Waals surface area contributed by atoms with Crippen molar-refractivity contribution < 1.29 is 18.0 Å². The lowest BCUT2D eigenvalue weighted by molar-refractivity contribution is -0.116. The van der Waals surface area contributed by atoms with Crippen LogP contribution < -0.4 is 14.9 Å². The average molecular weight is 508 g/mol. The summed E-state index contributed by atoms with van der Waals surface area (Å²) < 4.78 is 26.2. The molecule has 0 radical (unpaired) electrons. The van der Waals surface area contributed by atoms with E-state index in [1.165, 1.54) is 10.6 Å². The molecule has 0 saturated carbocycles. The zero-order valence-electron chi connectivity index (χ0n) is 21.1. The van der Waals surface area contributed by atoms with Gasteiger partial charge in [-0.25, -0.2) is 8.42 Å². The number of carbonyl (C=O) groups is 2. The van der Waals surface area contributed by atoms with E-state index in [2.05, 4.69) is 10.6 Å². The number of anilines is 2. The summed E-state index contributed by atoms with van der Waals surface area (Å²) >= 11 is 0. The Morgan fingerprint density at radius 3 is 2.31 bits per heavy atom. The van der Waals surface area contributed by atoms with E-state index in [9.17, 15) is 18.0 Å². The highest BCUT2D eigenvalue weighted by Crippen LogP contribution is 2.25. The van der Waals surface area contributed by atoms with E-state index in [0.29, 0.717) is 23.4 Å². The lowest BCUT2D eigenvalue weighted by Gasteiger charge is -2.24. The summed E-state index contributed by atoms with van der Waals surface area (Å²) in [6.07, 6.45) is 1.60. The second-order valence-corrected chi connectivity index (χ2v) is 10.8. The van der Waals surface area contributed by atoms with Crippen LogP contribution in [-0.4, -0.2) is 33.0 Å². The third-order valence-electron chi connectivity index (χ3n) is 5.89. The first kappa shape index (κ1) is 26.9. The van der Waals surface area contributed by atoms with Gasteiger partial charge in [0, 0.05) is 13.0 Å². The molecule has 3 aromatic carbocycles.